The third-order valence-electron chi connectivity index (χ3n) is 1.97. The zero-order valence-corrected chi connectivity index (χ0v) is 9.65. The molecule has 0 N–H and O–H groups in total. The first-order valence-corrected chi connectivity index (χ1v) is 7.02. The van der Waals surface area contributed by atoms with Gasteiger partial charge in [0.1, 0.15) is 8.11 Å². The van der Waals surface area contributed by atoms with Crippen molar-refractivity contribution >= 4 is 19.2 Å². The Labute approximate surface area is 71.3 Å². The van der Waals surface area contributed by atoms with E-state index in [9.17, 15) is 0 Å². The minimum atomic E-state index is -1.01. The predicted molar refractivity (Wildman–Crippen MR) is 52.4 cm³/mol. The highest BCUT2D eigenvalue weighted by molar-refractivity contribution is 7.09. The summed E-state index contributed by atoms with van der Waals surface area (Å²) < 4.78 is 0. The number of hydrogen-bond donors (Lipinski definition) is 0. The molecule has 2 unspecified atom stereocenters. The lowest BCUT2D eigenvalue weighted by atomic mass is 10.2. The molecule has 0 saturated carbocycles. The summed E-state index contributed by atoms with van der Waals surface area (Å²) in [7, 11) is -1.01. The van der Waals surface area contributed by atoms with E-state index in [1.807, 2.05) is 0 Å². The summed E-state index contributed by atoms with van der Waals surface area (Å²) in [6, 6.07) is 0. The van der Waals surface area contributed by atoms with Crippen molar-refractivity contribution in [1.29, 1.82) is 0 Å². The monoisotopic (exact) mass is 178 g/mol. The lowest BCUT2D eigenvalue weighted by Gasteiger charge is -2.27. The molecular weight excluding hydrogens is 160 g/mol. The topological polar surface area (TPSA) is 0 Å². The smallest absolute Gasteiger partial charge is 0.149 e. The van der Waals surface area contributed by atoms with Gasteiger partial charge in [-0.3, -0.25) is 0 Å². The molecule has 0 spiro atoms. The maximum Gasteiger partial charge on any atom is 0.149 e. The summed E-state index contributed by atoms with van der Waals surface area (Å²) in [5.41, 5.74) is 0.765. The molecule has 0 saturated heterocycles. The fraction of sp³-hybridized carbons (Fsp3) is 1.00. The van der Waals surface area contributed by atoms with Gasteiger partial charge in [-0.2, -0.15) is 11.1 Å². The van der Waals surface area contributed by atoms with Crippen LogP contribution in [0.3, 0.4) is 0 Å². The molecule has 0 aliphatic heterocycles. The Bertz CT molecular complexity index is 95.9. The van der Waals surface area contributed by atoms with E-state index in [1.165, 1.54) is 6.42 Å². The third-order valence-corrected chi connectivity index (χ3v) is 8.35. The van der Waals surface area contributed by atoms with Crippen LogP contribution in [0.2, 0.25) is 10.6 Å². The normalized spacial score (nSPS) is 18.6. The van der Waals surface area contributed by atoms with Crippen LogP contribution >= 0.6 is 11.1 Å². The summed E-state index contributed by atoms with van der Waals surface area (Å²) in [6.07, 6.45) is 1.23. The number of rotatable bonds is 2. The van der Waals surface area contributed by atoms with Gasteiger partial charge in [-0.1, -0.05) is 41.0 Å². The van der Waals surface area contributed by atoms with E-state index < -0.39 is 8.11 Å². The van der Waals surface area contributed by atoms with Gasteiger partial charge in [0.15, 0.2) is 0 Å². The highest BCUT2D eigenvalue weighted by Crippen LogP contribution is 2.37. The van der Waals surface area contributed by atoms with E-state index in [2.05, 4.69) is 34.6 Å². The van der Waals surface area contributed by atoms with Crippen LogP contribution in [0.1, 0.15) is 41.0 Å². The molecule has 0 aliphatic rings. The molecular formula is C8H19ClSi. The van der Waals surface area contributed by atoms with Crippen molar-refractivity contribution in [2.24, 2.45) is 0 Å². The lowest BCUT2D eigenvalue weighted by molar-refractivity contribution is 0.711. The molecule has 0 rings (SSSR count). The van der Waals surface area contributed by atoms with Crippen LogP contribution in [0.15, 0.2) is 0 Å². The van der Waals surface area contributed by atoms with E-state index in [0.717, 1.165) is 5.54 Å². The average molecular weight is 179 g/mol. The molecule has 0 aromatic heterocycles. The largest absolute Gasteiger partial charge is 0.171 e. The maximum absolute atomic E-state index is 6.35. The Morgan fingerprint density at radius 1 is 1.40 bits per heavy atom. The van der Waals surface area contributed by atoms with Crippen LogP contribution in [0.4, 0.5) is 0 Å². The molecule has 2 atom stereocenters. The Morgan fingerprint density at radius 2 is 1.80 bits per heavy atom. The van der Waals surface area contributed by atoms with Gasteiger partial charge in [-0.25, -0.2) is 0 Å². The standard InChI is InChI=1S/C8H19ClSi/c1-6-7(2)10(9)8(3,4)5/h7,10H,6H2,1-5H3. The second-order valence-corrected chi connectivity index (χ2v) is 9.24. The molecule has 0 aromatic rings. The molecule has 0 fully saturated rings. The van der Waals surface area contributed by atoms with Gasteiger partial charge >= 0.3 is 0 Å². The van der Waals surface area contributed by atoms with Crippen LogP contribution in [0.5, 0.6) is 0 Å². The Morgan fingerprint density at radius 3 is 1.90 bits per heavy atom. The van der Waals surface area contributed by atoms with Crippen LogP contribution in [-0.4, -0.2) is 8.11 Å². The van der Waals surface area contributed by atoms with Gasteiger partial charge in [0, 0.05) is 0 Å². The van der Waals surface area contributed by atoms with Gasteiger partial charge in [-0.15, -0.1) is 0 Å². The van der Waals surface area contributed by atoms with Crippen molar-refractivity contribution in [3.05, 3.63) is 0 Å². The van der Waals surface area contributed by atoms with Crippen molar-refractivity contribution in [2.45, 2.75) is 51.6 Å². The first-order chi connectivity index (χ1) is 4.39. The van der Waals surface area contributed by atoms with Crippen LogP contribution < -0.4 is 0 Å². The van der Waals surface area contributed by atoms with Crippen molar-refractivity contribution in [1.82, 2.24) is 0 Å². The molecule has 0 bridgehead atoms. The zero-order chi connectivity index (χ0) is 8.36. The highest BCUT2D eigenvalue weighted by atomic mass is 35.6. The first kappa shape index (κ1) is 10.5. The first-order valence-electron chi connectivity index (χ1n) is 4.03. The summed E-state index contributed by atoms with van der Waals surface area (Å²) >= 11 is 6.35. The fourth-order valence-corrected chi connectivity index (χ4v) is 3.72. The van der Waals surface area contributed by atoms with E-state index in [4.69, 9.17) is 11.1 Å². The maximum atomic E-state index is 6.35. The predicted octanol–water partition coefficient (Wildman–Crippen LogP) is 3.55. The fourth-order valence-electron chi connectivity index (χ4n) is 1.06. The molecule has 10 heavy (non-hydrogen) atoms. The Kier molecular flexibility index (Phi) is 3.96. The van der Waals surface area contributed by atoms with Crippen LogP contribution in [-0.2, 0) is 0 Å². The third kappa shape index (κ3) is 3.06. The van der Waals surface area contributed by atoms with E-state index in [0.29, 0.717) is 5.04 Å². The van der Waals surface area contributed by atoms with Gasteiger partial charge in [-0.05, 0) is 10.6 Å². The van der Waals surface area contributed by atoms with Gasteiger partial charge in [0.25, 0.3) is 0 Å². The van der Waals surface area contributed by atoms with E-state index in [-0.39, 0.29) is 0 Å². The minimum Gasteiger partial charge on any atom is -0.171 e. The molecule has 2 heteroatoms. The molecule has 0 aliphatic carbocycles. The molecule has 0 nitrogen and oxygen atoms in total. The summed E-state index contributed by atoms with van der Waals surface area (Å²) in [5.74, 6) is 0. The summed E-state index contributed by atoms with van der Waals surface area (Å²) in [5, 5.41) is 0.386. The molecule has 0 radical (unpaired) electrons. The molecule has 0 heterocycles. The van der Waals surface area contributed by atoms with Crippen LogP contribution in [0, 0.1) is 0 Å². The minimum absolute atomic E-state index is 0.386. The van der Waals surface area contributed by atoms with Gasteiger partial charge < -0.3 is 0 Å². The Balaban J connectivity index is 3.94. The van der Waals surface area contributed by atoms with Crippen molar-refractivity contribution in [3.63, 3.8) is 0 Å². The Hall–Kier alpha value is 0.507. The van der Waals surface area contributed by atoms with Crippen LogP contribution in [0.25, 0.3) is 0 Å². The lowest BCUT2D eigenvalue weighted by Crippen LogP contribution is -2.23. The van der Waals surface area contributed by atoms with E-state index in [1.54, 1.807) is 0 Å². The second kappa shape index (κ2) is 3.77. The summed E-state index contributed by atoms with van der Waals surface area (Å²) in [4.78, 5) is 0. The van der Waals surface area contributed by atoms with E-state index >= 15 is 0 Å². The van der Waals surface area contributed by atoms with Crippen molar-refractivity contribution in [3.8, 4) is 0 Å². The second-order valence-electron chi connectivity index (χ2n) is 4.15. The quantitative estimate of drug-likeness (QED) is 0.448. The van der Waals surface area contributed by atoms with Crippen molar-refractivity contribution < 1.29 is 0 Å². The molecule has 0 aromatic carbocycles. The SMILES string of the molecule is CCC(C)[SiH](Cl)C(C)(C)C. The highest BCUT2D eigenvalue weighted by Gasteiger charge is 2.28. The number of hydrogen-bond acceptors (Lipinski definition) is 0. The van der Waals surface area contributed by atoms with Crippen molar-refractivity contribution in [2.75, 3.05) is 0 Å². The molecule has 62 valence electrons. The van der Waals surface area contributed by atoms with Gasteiger partial charge in [0.2, 0.25) is 0 Å². The molecule has 0 amide bonds. The summed E-state index contributed by atoms with van der Waals surface area (Å²) in [6.45, 7) is 11.3. The zero-order valence-electron chi connectivity index (χ0n) is 7.74. The number of halogens is 1. The van der Waals surface area contributed by atoms with Gasteiger partial charge in [0.05, 0.1) is 0 Å². The average Bonchev–Trinajstić information content (AvgIpc) is 1.83.